The van der Waals surface area contributed by atoms with Gasteiger partial charge in [-0.3, -0.25) is 0 Å². The Labute approximate surface area is 121 Å². The van der Waals surface area contributed by atoms with Crippen LogP contribution in [0.25, 0.3) is 0 Å². The van der Waals surface area contributed by atoms with Gasteiger partial charge in [-0.15, -0.1) is 0 Å². The van der Waals surface area contributed by atoms with Crippen molar-refractivity contribution in [2.75, 3.05) is 32.1 Å². The minimum Gasteiger partial charge on any atom is -0.497 e. The van der Waals surface area contributed by atoms with Crippen molar-refractivity contribution in [1.29, 1.82) is 0 Å². The number of rotatable bonds is 8. The van der Waals surface area contributed by atoms with Crippen LogP contribution in [0.5, 0.6) is 5.75 Å². The number of hydrogen-bond donors (Lipinski definition) is 2. The van der Waals surface area contributed by atoms with Gasteiger partial charge in [0, 0.05) is 18.8 Å². The molecule has 0 amide bonds. The fraction of sp³-hybridized carbons (Fsp3) is 0.294. The first-order valence-corrected chi connectivity index (χ1v) is 7.01. The Bertz CT molecular complexity index is 482. The second kappa shape index (κ2) is 8.23. The van der Waals surface area contributed by atoms with E-state index >= 15 is 0 Å². The number of nitrogens with one attached hydrogen (secondary N) is 2. The van der Waals surface area contributed by atoms with E-state index in [1.165, 1.54) is 5.56 Å². The molecule has 0 aromatic heterocycles. The maximum absolute atomic E-state index is 5.13. The largest absolute Gasteiger partial charge is 0.497 e. The van der Waals surface area contributed by atoms with E-state index in [4.69, 9.17) is 4.74 Å². The van der Waals surface area contributed by atoms with Crippen LogP contribution in [0, 0.1) is 0 Å². The Hall–Kier alpha value is -2.00. The average molecular weight is 270 g/mol. The Morgan fingerprint density at radius 2 is 1.60 bits per heavy atom. The molecule has 2 N–H and O–H groups in total. The summed E-state index contributed by atoms with van der Waals surface area (Å²) in [6, 6.07) is 18.5. The number of anilines is 1. The zero-order valence-corrected chi connectivity index (χ0v) is 11.9. The highest BCUT2D eigenvalue weighted by Gasteiger charge is 1.94. The molecule has 0 radical (unpaired) electrons. The van der Waals surface area contributed by atoms with Crippen molar-refractivity contribution < 1.29 is 4.74 Å². The van der Waals surface area contributed by atoms with Crippen LogP contribution in [0.15, 0.2) is 54.6 Å². The molecule has 0 aliphatic heterocycles. The van der Waals surface area contributed by atoms with Gasteiger partial charge in [0.25, 0.3) is 0 Å². The molecule has 0 aliphatic carbocycles. The van der Waals surface area contributed by atoms with Gasteiger partial charge in [-0.1, -0.05) is 30.3 Å². The summed E-state index contributed by atoms with van der Waals surface area (Å²) in [5, 5.41) is 6.82. The molecule has 0 aliphatic rings. The molecule has 106 valence electrons. The monoisotopic (exact) mass is 270 g/mol. The van der Waals surface area contributed by atoms with Crippen molar-refractivity contribution in [3.05, 3.63) is 60.2 Å². The summed E-state index contributed by atoms with van der Waals surface area (Å²) in [7, 11) is 1.68. The van der Waals surface area contributed by atoms with Crippen LogP contribution in [0.1, 0.15) is 5.56 Å². The van der Waals surface area contributed by atoms with E-state index in [1.54, 1.807) is 7.11 Å². The van der Waals surface area contributed by atoms with Crippen LogP contribution < -0.4 is 15.4 Å². The third-order valence-electron chi connectivity index (χ3n) is 3.15. The molecule has 0 saturated heterocycles. The van der Waals surface area contributed by atoms with Crippen molar-refractivity contribution in [3.8, 4) is 5.75 Å². The average Bonchev–Trinajstić information content (AvgIpc) is 2.52. The number of methoxy groups -OCH3 is 1. The summed E-state index contributed by atoms with van der Waals surface area (Å²) in [4.78, 5) is 0. The maximum Gasteiger partial charge on any atom is 0.119 e. The molecule has 3 nitrogen and oxygen atoms in total. The van der Waals surface area contributed by atoms with E-state index < -0.39 is 0 Å². The SMILES string of the molecule is COc1ccc(NCCNCCc2ccccc2)cc1. The van der Waals surface area contributed by atoms with Crippen molar-refractivity contribution >= 4 is 5.69 Å². The number of benzene rings is 2. The first kappa shape index (κ1) is 14.4. The second-order valence-corrected chi connectivity index (χ2v) is 4.64. The zero-order chi connectivity index (χ0) is 14.0. The molecule has 0 unspecified atom stereocenters. The molecule has 2 aromatic rings. The zero-order valence-electron chi connectivity index (χ0n) is 11.9. The van der Waals surface area contributed by atoms with E-state index in [0.717, 1.165) is 37.5 Å². The van der Waals surface area contributed by atoms with E-state index in [9.17, 15) is 0 Å². The molecular formula is C17H22N2O. The van der Waals surface area contributed by atoms with Crippen LogP contribution in [0.4, 0.5) is 5.69 Å². The minimum atomic E-state index is 0.886. The van der Waals surface area contributed by atoms with E-state index in [2.05, 4.69) is 41.0 Å². The van der Waals surface area contributed by atoms with E-state index in [0.29, 0.717) is 0 Å². The molecule has 2 rings (SSSR count). The van der Waals surface area contributed by atoms with Gasteiger partial charge >= 0.3 is 0 Å². The highest BCUT2D eigenvalue weighted by Crippen LogP contribution is 2.14. The van der Waals surface area contributed by atoms with E-state index in [1.807, 2.05) is 24.3 Å². The Balaban J connectivity index is 1.57. The predicted octanol–water partition coefficient (Wildman–Crippen LogP) is 2.94. The van der Waals surface area contributed by atoms with Crippen LogP contribution >= 0.6 is 0 Å². The van der Waals surface area contributed by atoms with Gasteiger partial charge < -0.3 is 15.4 Å². The van der Waals surface area contributed by atoms with E-state index in [-0.39, 0.29) is 0 Å². The fourth-order valence-corrected chi connectivity index (χ4v) is 2.01. The first-order chi connectivity index (χ1) is 9.88. The third kappa shape index (κ3) is 4.94. The number of ether oxygens (including phenoxy) is 1. The quantitative estimate of drug-likeness (QED) is 0.724. The topological polar surface area (TPSA) is 33.3 Å². The van der Waals surface area contributed by atoms with Gasteiger partial charge in [-0.05, 0) is 42.8 Å². The summed E-state index contributed by atoms with van der Waals surface area (Å²) < 4.78 is 5.13. The van der Waals surface area contributed by atoms with Crippen molar-refractivity contribution in [2.45, 2.75) is 6.42 Å². The molecule has 3 heteroatoms. The summed E-state index contributed by atoms with van der Waals surface area (Å²) in [6.07, 6.45) is 1.07. The standard InChI is InChI=1S/C17H22N2O/c1-20-17-9-7-16(8-10-17)19-14-13-18-12-11-15-5-3-2-4-6-15/h2-10,18-19H,11-14H2,1H3. The van der Waals surface area contributed by atoms with Gasteiger partial charge in [-0.25, -0.2) is 0 Å². The molecule has 0 bridgehead atoms. The fourth-order valence-electron chi connectivity index (χ4n) is 2.01. The summed E-state index contributed by atoms with van der Waals surface area (Å²) in [5.74, 6) is 0.886. The molecule has 0 saturated carbocycles. The summed E-state index contributed by atoms with van der Waals surface area (Å²) in [5.41, 5.74) is 2.50. The highest BCUT2D eigenvalue weighted by molar-refractivity contribution is 5.46. The molecule has 2 aromatic carbocycles. The first-order valence-electron chi connectivity index (χ1n) is 7.01. The lowest BCUT2D eigenvalue weighted by atomic mass is 10.1. The van der Waals surface area contributed by atoms with Crippen LogP contribution in [-0.2, 0) is 6.42 Å². The maximum atomic E-state index is 5.13. The lowest BCUT2D eigenvalue weighted by molar-refractivity contribution is 0.415. The van der Waals surface area contributed by atoms with Crippen molar-refractivity contribution in [2.24, 2.45) is 0 Å². The van der Waals surface area contributed by atoms with Gasteiger partial charge in [0.05, 0.1) is 7.11 Å². The predicted molar refractivity (Wildman–Crippen MR) is 84.5 cm³/mol. The van der Waals surface area contributed by atoms with Gasteiger partial charge in [0.15, 0.2) is 0 Å². The van der Waals surface area contributed by atoms with Crippen LogP contribution in [-0.4, -0.2) is 26.7 Å². The third-order valence-corrected chi connectivity index (χ3v) is 3.15. The van der Waals surface area contributed by atoms with Gasteiger partial charge in [0.1, 0.15) is 5.75 Å². The number of hydrogen-bond acceptors (Lipinski definition) is 3. The molecule has 0 fully saturated rings. The summed E-state index contributed by atoms with van der Waals surface area (Å²) >= 11 is 0. The molecular weight excluding hydrogens is 248 g/mol. The Morgan fingerprint density at radius 3 is 2.30 bits per heavy atom. The minimum absolute atomic E-state index is 0.886. The smallest absolute Gasteiger partial charge is 0.119 e. The van der Waals surface area contributed by atoms with Crippen LogP contribution in [0.3, 0.4) is 0 Å². The molecule has 0 spiro atoms. The molecule has 0 heterocycles. The lowest BCUT2D eigenvalue weighted by Gasteiger charge is -2.08. The normalized spacial score (nSPS) is 10.2. The van der Waals surface area contributed by atoms with Crippen molar-refractivity contribution in [1.82, 2.24) is 5.32 Å². The molecule has 0 atom stereocenters. The second-order valence-electron chi connectivity index (χ2n) is 4.64. The highest BCUT2D eigenvalue weighted by atomic mass is 16.5. The summed E-state index contributed by atoms with van der Waals surface area (Å²) in [6.45, 7) is 2.88. The molecule has 20 heavy (non-hydrogen) atoms. The Kier molecular flexibility index (Phi) is 5.93. The van der Waals surface area contributed by atoms with Gasteiger partial charge in [-0.2, -0.15) is 0 Å². The van der Waals surface area contributed by atoms with Crippen molar-refractivity contribution in [3.63, 3.8) is 0 Å². The lowest BCUT2D eigenvalue weighted by Crippen LogP contribution is -2.24. The Morgan fingerprint density at radius 1 is 0.850 bits per heavy atom. The van der Waals surface area contributed by atoms with Gasteiger partial charge in [0.2, 0.25) is 0 Å². The van der Waals surface area contributed by atoms with Crippen LogP contribution in [0.2, 0.25) is 0 Å².